The Morgan fingerprint density at radius 2 is 1.95 bits per heavy atom. The van der Waals surface area contributed by atoms with Crippen molar-refractivity contribution in [1.29, 1.82) is 0 Å². The molecule has 0 N–H and O–H groups in total. The maximum Gasteiger partial charge on any atom is 0.276 e. The Kier molecular flexibility index (Phi) is 4.50. The van der Waals surface area contributed by atoms with Crippen LogP contribution >= 0.6 is 0 Å². The molecule has 2 aromatic rings. The minimum absolute atomic E-state index is 0.0310. The molecule has 5 heteroatoms. The topological polar surface area (TPSA) is 51.0 Å². The van der Waals surface area contributed by atoms with Crippen molar-refractivity contribution in [2.45, 2.75) is 33.2 Å². The second-order valence-electron chi connectivity index (χ2n) is 4.67. The molecule has 1 atom stereocenters. The standard InChI is InChI=1S/C15H20N4O/c1-4-12(3)19-14(8-11-17-19)15(20)18(5-2)13-6-9-16-10-7-13/h6-12H,4-5H2,1-3H3. The van der Waals surface area contributed by atoms with Crippen LogP contribution in [-0.2, 0) is 0 Å². The third-order valence-corrected chi connectivity index (χ3v) is 3.43. The number of aromatic nitrogens is 3. The molecule has 2 heterocycles. The number of carbonyl (C=O) groups excluding carboxylic acids is 1. The first kappa shape index (κ1) is 14.2. The van der Waals surface area contributed by atoms with E-state index in [0.29, 0.717) is 12.2 Å². The molecule has 0 radical (unpaired) electrons. The van der Waals surface area contributed by atoms with Crippen LogP contribution in [0.4, 0.5) is 5.69 Å². The summed E-state index contributed by atoms with van der Waals surface area (Å²) in [5.74, 6) is -0.0310. The Morgan fingerprint density at radius 3 is 2.55 bits per heavy atom. The van der Waals surface area contributed by atoms with E-state index in [9.17, 15) is 4.79 Å². The summed E-state index contributed by atoms with van der Waals surface area (Å²) in [4.78, 5) is 18.4. The fraction of sp³-hybridized carbons (Fsp3) is 0.400. The van der Waals surface area contributed by atoms with Crippen LogP contribution in [0, 0.1) is 0 Å². The summed E-state index contributed by atoms with van der Waals surface area (Å²) in [6, 6.07) is 5.66. The average molecular weight is 272 g/mol. The molecule has 106 valence electrons. The van der Waals surface area contributed by atoms with Gasteiger partial charge in [0.2, 0.25) is 0 Å². The molecule has 1 unspecified atom stereocenters. The van der Waals surface area contributed by atoms with Gasteiger partial charge in [0.15, 0.2) is 0 Å². The molecule has 0 aliphatic rings. The minimum Gasteiger partial charge on any atom is -0.307 e. The van der Waals surface area contributed by atoms with Crippen LogP contribution in [0.2, 0.25) is 0 Å². The maximum absolute atomic E-state index is 12.7. The van der Waals surface area contributed by atoms with Crippen molar-refractivity contribution in [2.75, 3.05) is 11.4 Å². The smallest absolute Gasteiger partial charge is 0.276 e. The van der Waals surface area contributed by atoms with E-state index in [1.54, 1.807) is 34.2 Å². The van der Waals surface area contributed by atoms with Gasteiger partial charge in [-0.1, -0.05) is 6.92 Å². The molecule has 2 rings (SSSR count). The van der Waals surface area contributed by atoms with E-state index >= 15 is 0 Å². The van der Waals surface area contributed by atoms with Crippen LogP contribution in [0.3, 0.4) is 0 Å². The predicted molar refractivity (Wildman–Crippen MR) is 78.8 cm³/mol. The number of amides is 1. The van der Waals surface area contributed by atoms with E-state index in [2.05, 4.69) is 23.9 Å². The molecule has 0 spiro atoms. The molecule has 0 aliphatic carbocycles. The van der Waals surface area contributed by atoms with Gasteiger partial charge < -0.3 is 4.90 Å². The first-order valence-corrected chi connectivity index (χ1v) is 6.94. The van der Waals surface area contributed by atoms with Gasteiger partial charge in [0.25, 0.3) is 5.91 Å². The van der Waals surface area contributed by atoms with Crippen LogP contribution in [0.15, 0.2) is 36.8 Å². The molecule has 0 saturated heterocycles. The number of anilines is 1. The molecule has 0 bridgehead atoms. The van der Waals surface area contributed by atoms with Gasteiger partial charge in [-0.3, -0.25) is 14.5 Å². The molecule has 5 nitrogen and oxygen atoms in total. The maximum atomic E-state index is 12.7. The zero-order valence-electron chi connectivity index (χ0n) is 12.2. The van der Waals surface area contributed by atoms with Gasteiger partial charge in [-0.25, -0.2) is 0 Å². The third kappa shape index (κ3) is 2.71. The SMILES string of the molecule is CCC(C)n1nccc1C(=O)N(CC)c1ccncc1. The van der Waals surface area contributed by atoms with E-state index in [4.69, 9.17) is 0 Å². The van der Waals surface area contributed by atoms with Gasteiger partial charge in [-0.2, -0.15) is 5.10 Å². The average Bonchev–Trinajstić information content (AvgIpc) is 2.97. The zero-order valence-corrected chi connectivity index (χ0v) is 12.2. The normalized spacial score (nSPS) is 12.2. The minimum atomic E-state index is -0.0310. The van der Waals surface area contributed by atoms with Gasteiger partial charge in [-0.05, 0) is 38.5 Å². The van der Waals surface area contributed by atoms with Crippen molar-refractivity contribution in [2.24, 2.45) is 0 Å². The molecule has 1 amide bonds. The molecule has 2 aromatic heterocycles. The fourth-order valence-corrected chi connectivity index (χ4v) is 2.11. The Bertz CT molecular complexity index is 564. The summed E-state index contributed by atoms with van der Waals surface area (Å²) >= 11 is 0. The van der Waals surface area contributed by atoms with Crippen molar-refractivity contribution >= 4 is 11.6 Å². The summed E-state index contributed by atoms with van der Waals surface area (Å²) in [6.07, 6.45) is 6.00. The molecular weight excluding hydrogens is 252 g/mol. The van der Waals surface area contributed by atoms with Crippen molar-refractivity contribution in [3.63, 3.8) is 0 Å². The lowest BCUT2D eigenvalue weighted by Gasteiger charge is -2.22. The zero-order chi connectivity index (χ0) is 14.5. The highest BCUT2D eigenvalue weighted by Gasteiger charge is 2.21. The van der Waals surface area contributed by atoms with Gasteiger partial charge >= 0.3 is 0 Å². The summed E-state index contributed by atoms with van der Waals surface area (Å²) in [5, 5.41) is 4.28. The lowest BCUT2D eigenvalue weighted by atomic mass is 10.2. The quantitative estimate of drug-likeness (QED) is 0.841. The number of hydrogen-bond acceptors (Lipinski definition) is 3. The molecular formula is C15H20N4O. The van der Waals surface area contributed by atoms with Crippen LogP contribution in [0.5, 0.6) is 0 Å². The lowest BCUT2D eigenvalue weighted by molar-refractivity contribution is 0.0975. The summed E-state index contributed by atoms with van der Waals surface area (Å²) in [6.45, 7) is 6.71. The molecule has 0 fully saturated rings. The van der Waals surface area contributed by atoms with Crippen LogP contribution < -0.4 is 4.90 Å². The number of hydrogen-bond donors (Lipinski definition) is 0. The molecule has 0 aliphatic heterocycles. The van der Waals surface area contributed by atoms with Crippen LogP contribution in [0.25, 0.3) is 0 Å². The third-order valence-electron chi connectivity index (χ3n) is 3.43. The Hall–Kier alpha value is -2.17. The van der Waals surface area contributed by atoms with Gasteiger partial charge in [0, 0.05) is 36.9 Å². The van der Waals surface area contributed by atoms with E-state index in [1.807, 2.05) is 19.1 Å². The Balaban J connectivity index is 2.33. The van der Waals surface area contributed by atoms with Gasteiger partial charge in [0.1, 0.15) is 5.69 Å². The van der Waals surface area contributed by atoms with Crippen molar-refractivity contribution in [3.8, 4) is 0 Å². The largest absolute Gasteiger partial charge is 0.307 e. The van der Waals surface area contributed by atoms with Gasteiger partial charge in [0.05, 0.1) is 0 Å². The number of pyridine rings is 1. The van der Waals surface area contributed by atoms with E-state index < -0.39 is 0 Å². The summed E-state index contributed by atoms with van der Waals surface area (Å²) < 4.78 is 1.80. The highest BCUT2D eigenvalue weighted by atomic mass is 16.2. The fourth-order valence-electron chi connectivity index (χ4n) is 2.11. The lowest BCUT2D eigenvalue weighted by Crippen LogP contribution is -2.33. The predicted octanol–water partition coefficient (Wildman–Crippen LogP) is 2.92. The number of carbonyl (C=O) groups is 1. The first-order valence-electron chi connectivity index (χ1n) is 6.94. The monoisotopic (exact) mass is 272 g/mol. The number of rotatable bonds is 5. The van der Waals surface area contributed by atoms with Crippen LogP contribution in [0.1, 0.15) is 43.7 Å². The second-order valence-corrected chi connectivity index (χ2v) is 4.67. The summed E-state index contributed by atoms with van der Waals surface area (Å²) in [7, 11) is 0. The van der Waals surface area contributed by atoms with Crippen molar-refractivity contribution < 1.29 is 4.79 Å². The van der Waals surface area contributed by atoms with Crippen molar-refractivity contribution in [1.82, 2.24) is 14.8 Å². The highest BCUT2D eigenvalue weighted by Crippen LogP contribution is 2.18. The molecule has 0 aromatic carbocycles. The summed E-state index contributed by atoms with van der Waals surface area (Å²) in [5.41, 5.74) is 1.47. The molecule has 0 saturated carbocycles. The Morgan fingerprint density at radius 1 is 1.25 bits per heavy atom. The highest BCUT2D eigenvalue weighted by molar-refractivity contribution is 6.04. The van der Waals surface area contributed by atoms with Gasteiger partial charge in [-0.15, -0.1) is 0 Å². The van der Waals surface area contributed by atoms with E-state index in [1.165, 1.54) is 0 Å². The number of nitrogens with zero attached hydrogens (tertiary/aromatic N) is 4. The van der Waals surface area contributed by atoms with E-state index in [-0.39, 0.29) is 11.9 Å². The van der Waals surface area contributed by atoms with Crippen molar-refractivity contribution in [3.05, 3.63) is 42.5 Å². The second kappa shape index (κ2) is 6.32. The first-order chi connectivity index (χ1) is 9.69. The Labute approximate surface area is 119 Å². The van der Waals surface area contributed by atoms with E-state index in [0.717, 1.165) is 12.1 Å². The van der Waals surface area contributed by atoms with Crippen LogP contribution in [-0.4, -0.2) is 27.2 Å². The molecule has 20 heavy (non-hydrogen) atoms.